The fourth-order valence-electron chi connectivity index (χ4n) is 4.59. The van der Waals surface area contributed by atoms with Gasteiger partial charge in [0.2, 0.25) is 0 Å². The van der Waals surface area contributed by atoms with Crippen molar-refractivity contribution >= 4 is 44.3 Å². The van der Waals surface area contributed by atoms with E-state index in [1.165, 1.54) is 36.2 Å². The molecular formula is C25H26ClN3OS. The molecule has 1 saturated heterocycles. The molecule has 2 aromatic heterocycles. The molecule has 0 N–H and O–H groups in total. The lowest BCUT2D eigenvalue weighted by molar-refractivity contribution is 0.219. The Morgan fingerprint density at radius 1 is 0.968 bits per heavy atom. The first-order valence-electron chi connectivity index (χ1n) is 11.1. The van der Waals surface area contributed by atoms with Crippen molar-refractivity contribution in [1.82, 2.24) is 14.5 Å². The molecule has 160 valence electrons. The summed E-state index contributed by atoms with van der Waals surface area (Å²) in [5, 5.41) is 2.74. The summed E-state index contributed by atoms with van der Waals surface area (Å²) in [7, 11) is 0. The SMILES string of the molecule is O=c1c2sccc2nc(C2=CC=C(c3ccccc3Cl)CC2)n1CCN1CCCCC1. The molecule has 0 atom stereocenters. The van der Waals surface area contributed by atoms with Gasteiger partial charge in [0, 0.05) is 18.1 Å². The third kappa shape index (κ3) is 4.27. The van der Waals surface area contributed by atoms with Gasteiger partial charge in [0.25, 0.3) is 5.56 Å². The van der Waals surface area contributed by atoms with Gasteiger partial charge in [-0.15, -0.1) is 11.3 Å². The van der Waals surface area contributed by atoms with Crippen LogP contribution in [0.15, 0.2) is 52.7 Å². The van der Waals surface area contributed by atoms with E-state index in [2.05, 4.69) is 23.1 Å². The molecule has 2 aliphatic rings. The van der Waals surface area contributed by atoms with Crippen LogP contribution in [0.4, 0.5) is 0 Å². The molecule has 3 heterocycles. The van der Waals surface area contributed by atoms with E-state index in [0.29, 0.717) is 6.54 Å². The highest BCUT2D eigenvalue weighted by molar-refractivity contribution is 7.17. The number of hydrogen-bond donors (Lipinski definition) is 0. The molecule has 5 rings (SSSR count). The van der Waals surface area contributed by atoms with Gasteiger partial charge in [0.15, 0.2) is 0 Å². The number of nitrogens with zero attached hydrogens (tertiary/aromatic N) is 3. The molecule has 0 unspecified atom stereocenters. The molecule has 0 bridgehead atoms. The average molecular weight is 452 g/mol. The first kappa shape index (κ1) is 20.7. The van der Waals surface area contributed by atoms with Crippen LogP contribution in [0.2, 0.25) is 5.02 Å². The predicted molar refractivity (Wildman–Crippen MR) is 131 cm³/mol. The van der Waals surface area contributed by atoms with E-state index < -0.39 is 0 Å². The Bertz CT molecular complexity index is 1220. The molecule has 1 aliphatic carbocycles. The highest BCUT2D eigenvalue weighted by Crippen LogP contribution is 2.34. The third-order valence-electron chi connectivity index (χ3n) is 6.31. The molecule has 0 saturated carbocycles. The van der Waals surface area contributed by atoms with Gasteiger partial charge >= 0.3 is 0 Å². The molecule has 0 radical (unpaired) electrons. The van der Waals surface area contributed by atoms with E-state index in [4.69, 9.17) is 16.6 Å². The van der Waals surface area contributed by atoms with Gasteiger partial charge in [0.1, 0.15) is 10.5 Å². The van der Waals surface area contributed by atoms with E-state index in [-0.39, 0.29) is 5.56 Å². The number of likely N-dealkylation sites (tertiary alicyclic amines) is 1. The van der Waals surface area contributed by atoms with Crippen LogP contribution in [0.3, 0.4) is 0 Å². The van der Waals surface area contributed by atoms with Gasteiger partial charge in [-0.1, -0.05) is 48.4 Å². The first-order valence-corrected chi connectivity index (χ1v) is 12.3. The largest absolute Gasteiger partial charge is 0.302 e. The van der Waals surface area contributed by atoms with Crippen LogP contribution in [0, 0.1) is 0 Å². The summed E-state index contributed by atoms with van der Waals surface area (Å²) < 4.78 is 2.67. The van der Waals surface area contributed by atoms with Crippen LogP contribution >= 0.6 is 22.9 Å². The van der Waals surface area contributed by atoms with Crippen molar-refractivity contribution in [2.24, 2.45) is 0 Å². The second-order valence-corrected chi connectivity index (χ2v) is 9.62. The summed E-state index contributed by atoms with van der Waals surface area (Å²) in [6.07, 6.45) is 9.83. The molecule has 1 aliphatic heterocycles. The van der Waals surface area contributed by atoms with E-state index >= 15 is 0 Å². The Kier molecular flexibility index (Phi) is 6.08. The van der Waals surface area contributed by atoms with Gasteiger partial charge in [-0.25, -0.2) is 4.98 Å². The molecular weight excluding hydrogens is 426 g/mol. The van der Waals surface area contributed by atoms with Crippen molar-refractivity contribution < 1.29 is 0 Å². The monoisotopic (exact) mass is 451 g/mol. The first-order chi connectivity index (χ1) is 15.2. The molecule has 0 spiro atoms. The van der Waals surface area contributed by atoms with Gasteiger partial charge in [-0.2, -0.15) is 0 Å². The summed E-state index contributed by atoms with van der Waals surface area (Å²) in [5.74, 6) is 0.822. The van der Waals surface area contributed by atoms with E-state index in [1.54, 1.807) is 0 Å². The van der Waals surface area contributed by atoms with Gasteiger partial charge in [-0.05, 0) is 73.0 Å². The molecule has 6 heteroatoms. The van der Waals surface area contributed by atoms with Crippen LogP contribution in [-0.2, 0) is 6.54 Å². The van der Waals surface area contributed by atoms with Crippen molar-refractivity contribution in [3.63, 3.8) is 0 Å². The Labute approximate surface area is 191 Å². The molecule has 4 nitrogen and oxygen atoms in total. The minimum absolute atomic E-state index is 0.0915. The normalized spacial score (nSPS) is 17.6. The number of rotatable bonds is 5. The van der Waals surface area contributed by atoms with Gasteiger partial charge in [-0.3, -0.25) is 9.36 Å². The molecule has 0 amide bonds. The highest BCUT2D eigenvalue weighted by Gasteiger charge is 2.19. The fourth-order valence-corrected chi connectivity index (χ4v) is 5.63. The third-order valence-corrected chi connectivity index (χ3v) is 7.53. The second kappa shape index (κ2) is 9.11. The van der Waals surface area contributed by atoms with Crippen molar-refractivity contribution in [2.75, 3.05) is 19.6 Å². The van der Waals surface area contributed by atoms with E-state index in [1.807, 2.05) is 34.2 Å². The minimum Gasteiger partial charge on any atom is -0.302 e. The lowest BCUT2D eigenvalue weighted by Crippen LogP contribution is -2.35. The Balaban J connectivity index is 1.50. The Morgan fingerprint density at radius 3 is 2.52 bits per heavy atom. The van der Waals surface area contributed by atoms with E-state index in [9.17, 15) is 4.79 Å². The number of allylic oxidation sites excluding steroid dienone is 4. The number of halogens is 1. The van der Waals surface area contributed by atoms with Crippen LogP contribution < -0.4 is 5.56 Å². The van der Waals surface area contributed by atoms with Crippen LogP contribution in [0.5, 0.6) is 0 Å². The summed E-state index contributed by atoms with van der Waals surface area (Å²) >= 11 is 7.89. The van der Waals surface area contributed by atoms with Crippen LogP contribution in [0.25, 0.3) is 21.4 Å². The zero-order chi connectivity index (χ0) is 21.2. The predicted octanol–water partition coefficient (Wildman–Crippen LogP) is 5.86. The lowest BCUT2D eigenvalue weighted by atomic mass is 9.92. The maximum absolute atomic E-state index is 13.3. The number of thiophene rings is 1. The maximum atomic E-state index is 13.3. The quantitative estimate of drug-likeness (QED) is 0.487. The number of piperidine rings is 1. The standard InChI is InChI=1S/C25H26ClN3OS/c26-21-7-3-2-6-20(21)18-8-10-19(11-9-18)24-27-22-12-17-31-23(22)25(30)29(24)16-15-28-13-4-1-5-14-28/h2-3,6-8,10,12,17H,1,4-5,9,11,13-16H2. The van der Waals surface area contributed by atoms with Crippen molar-refractivity contribution in [3.8, 4) is 0 Å². The minimum atomic E-state index is 0.0915. The fraction of sp³-hybridized carbons (Fsp3) is 0.360. The van der Waals surface area contributed by atoms with Gasteiger partial charge in [0.05, 0.1) is 5.52 Å². The highest BCUT2D eigenvalue weighted by atomic mass is 35.5. The maximum Gasteiger partial charge on any atom is 0.271 e. The summed E-state index contributed by atoms with van der Waals surface area (Å²) in [5.41, 5.74) is 4.34. The molecule has 3 aromatic rings. The van der Waals surface area contributed by atoms with Crippen LogP contribution in [0.1, 0.15) is 43.5 Å². The Morgan fingerprint density at radius 2 is 1.74 bits per heavy atom. The zero-order valence-corrected chi connectivity index (χ0v) is 19.1. The number of benzene rings is 1. The average Bonchev–Trinajstić information content (AvgIpc) is 3.29. The molecule has 31 heavy (non-hydrogen) atoms. The summed E-state index contributed by atoms with van der Waals surface area (Å²) in [4.78, 5) is 20.7. The number of hydrogen-bond acceptors (Lipinski definition) is 4. The van der Waals surface area contributed by atoms with Crippen LogP contribution in [-0.4, -0.2) is 34.1 Å². The van der Waals surface area contributed by atoms with Crippen molar-refractivity contribution in [1.29, 1.82) is 0 Å². The number of aromatic nitrogens is 2. The zero-order valence-electron chi connectivity index (χ0n) is 17.5. The second-order valence-electron chi connectivity index (χ2n) is 8.29. The summed E-state index contributed by atoms with van der Waals surface area (Å²) in [6.45, 7) is 3.85. The topological polar surface area (TPSA) is 38.1 Å². The molecule has 1 fully saturated rings. The van der Waals surface area contributed by atoms with Crippen molar-refractivity contribution in [2.45, 2.75) is 38.6 Å². The van der Waals surface area contributed by atoms with E-state index in [0.717, 1.165) is 64.7 Å². The number of fused-ring (bicyclic) bond motifs is 1. The van der Waals surface area contributed by atoms with Gasteiger partial charge < -0.3 is 4.90 Å². The summed E-state index contributed by atoms with van der Waals surface area (Å²) in [6, 6.07) is 9.93. The smallest absolute Gasteiger partial charge is 0.271 e. The van der Waals surface area contributed by atoms with Crippen molar-refractivity contribution in [3.05, 3.63) is 74.6 Å². The lowest BCUT2D eigenvalue weighted by Gasteiger charge is -2.27. The Hall–Kier alpha value is -2.21. The molecule has 1 aromatic carbocycles.